The van der Waals surface area contributed by atoms with Crippen molar-refractivity contribution in [3.05, 3.63) is 18.2 Å². The topological polar surface area (TPSA) is 33.7 Å². The van der Waals surface area contributed by atoms with Gasteiger partial charge >= 0.3 is 0 Å². The molecule has 1 heterocycles. The molecule has 1 N–H and O–H groups in total. The highest BCUT2D eigenvalue weighted by molar-refractivity contribution is 7.80. The number of ether oxygens (including phenoxy) is 2. The van der Waals surface area contributed by atoms with Gasteiger partial charge in [-0.05, 0) is 37.2 Å². The van der Waals surface area contributed by atoms with E-state index >= 15 is 0 Å². The average molecular weight is 294 g/mol. The molecule has 1 aromatic rings. The molecular formula is C15H22N2O2S. The summed E-state index contributed by atoms with van der Waals surface area (Å²) < 4.78 is 10.6. The number of nitrogens with zero attached hydrogens (tertiary/aromatic N) is 1. The van der Waals surface area contributed by atoms with E-state index in [1.165, 1.54) is 25.7 Å². The molecule has 0 bridgehead atoms. The number of likely N-dealkylation sites (tertiary alicyclic amines) is 1. The van der Waals surface area contributed by atoms with Crippen molar-refractivity contribution in [2.75, 3.05) is 32.6 Å². The molecule has 1 fully saturated rings. The lowest BCUT2D eigenvalue weighted by Gasteiger charge is -2.24. The molecule has 5 heteroatoms. The first-order chi connectivity index (χ1) is 9.74. The van der Waals surface area contributed by atoms with Crippen LogP contribution in [0.2, 0.25) is 0 Å². The van der Waals surface area contributed by atoms with Crippen molar-refractivity contribution in [2.45, 2.75) is 25.7 Å². The summed E-state index contributed by atoms with van der Waals surface area (Å²) in [6.07, 6.45) is 5.01. The van der Waals surface area contributed by atoms with E-state index in [2.05, 4.69) is 10.2 Å². The number of hydrogen-bond acceptors (Lipinski definition) is 3. The third-order valence-electron chi connectivity index (χ3n) is 3.54. The first-order valence-electron chi connectivity index (χ1n) is 7.02. The molecule has 0 aromatic heterocycles. The Balaban J connectivity index is 2.06. The number of hydrogen-bond donors (Lipinski definition) is 1. The summed E-state index contributed by atoms with van der Waals surface area (Å²) in [5.41, 5.74) is 0.877. The molecule has 20 heavy (non-hydrogen) atoms. The third kappa shape index (κ3) is 3.76. The van der Waals surface area contributed by atoms with Crippen molar-refractivity contribution in [3.8, 4) is 11.5 Å². The molecule has 110 valence electrons. The minimum Gasteiger partial charge on any atom is -0.497 e. The Morgan fingerprint density at radius 2 is 1.80 bits per heavy atom. The third-order valence-corrected chi connectivity index (χ3v) is 3.90. The number of anilines is 1. The van der Waals surface area contributed by atoms with E-state index in [0.29, 0.717) is 0 Å². The molecule has 0 radical (unpaired) electrons. The Hall–Kier alpha value is -1.49. The van der Waals surface area contributed by atoms with Gasteiger partial charge < -0.3 is 19.7 Å². The maximum atomic E-state index is 5.51. The normalized spacial score (nSPS) is 15.4. The fourth-order valence-electron chi connectivity index (χ4n) is 2.37. The van der Waals surface area contributed by atoms with Gasteiger partial charge in [-0.3, -0.25) is 0 Å². The van der Waals surface area contributed by atoms with Crippen molar-refractivity contribution < 1.29 is 9.47 Å². The molecule has 0 amide bonds. The smallest absolute Gasteiger partial charge is 0.173 e. The standard InChI is InChI=1S/C15H22N2O2S/c1-18-12-7-8-13(14(11-12)19-2)16-15(20)17-9-5-3-4-6-10-17/h7-8,11H,3-6,9-10H2,1-2H3,(H,16,20). The number of benzene rings is 1. The van der Waals surface area contributed by atoms with Crippen LogP contribution in [0.1, 0.15) is 25.7 Å². The first-order valence-corrected chi connectivity index (χ1v) is 7.43. The van der Waals surface area contributed by atoms with Gasteiger partial charge in [0.1, 0.15) is 11.5 Å². The minimum atomic E-state index is 0.738. The van der Waals surface area contributed by atoms with Crippen LogP contribution in [-0.4, -0.2) is 37.3 Å². The molecule has 1 saturated heterocycles. The SMILES string of the molecule is COc1ccc(NC(=S)N2CCCCCC2)c(OC)c1. The molecular weight excluding hydrogens is 272 g/mol. The quantitative estimate of drug-likeness (QED) is 0.865. The summed E-state index contributed by atoms with van der Waals surface area (Å²) in [4.78, 5) is 2.24. The van der Waals surface area contributed by atoms with Crippen LogP contribution in [0.15, 0.2) is 18.2 Å². The van der Waals surface area contributed by atoms with Crippen molar-refractivity contribution >= 4 is 23.0 Å². The summed E-state index contributed by atoms with van der Waals surface area (Å²) in [7, 11) is 3.29. The monoisotopic (exact) mass is 294 g/mol. The molecule has 2 rings (SSSR count). The van der Waals surface area contributed by atoms with Crippen molar-refractivity contribution in [1.29, 1.82) is 0 Å². The highest BCUT2D eigenvalue weighted by Crippen LogP contribution is 2.29. The van der Waals surface area contributed by atoms with Crippen LogP contribution < -0.4 is 14.8 Å². The zero-order chi connectivity index (χ0) is 14.4. The number of rotatable bonds is 3. The van der Waals surface area contributed by atoms with Gasteiger partial charge in [0.15, 0.2) is 5.11 Å². The van der Waals surface area contributed by atoms with Crippen LogP contribution >= 0.6 is 12.2 Å². The first kappa shape index (κ1) is 14.9. The van der Waals surface area contributed by atoms with Crippen LogP contribution in [0.3, 0.4) is 0 Å². The molecule has 0 atom stereocenters. The second-order valence-electron chi connectivity index (χ2n) is 4.90. The zero-order valence-electron chi connectivity index (χ0n) is 12.1. The van der Waals surface area contributed by atoms with Gasteiger partial charge in [-0.15, -0.1) is 0 Å². The summed E-state index contributed by atoms with van der Waals surface area (Å²) in [5, 5.41) is 4.06. The minimum absolute atomic E-state index is 0.738. The molecule has 1 aliphatic heterocycles. The molecule has 1 aromatic carbocycles. The van der Waals surface area contributed by atoms with Crippen molar-refractivity contribution in [2.24, 2.45) is 0 Å². The predicted octanol–water partition coefficient (Wildman–Crippen LogP) is 3.28. The predicted molar refractivity (Wildman–Crippen MR) is 85.8 cm³/mol. The zero-order valence-corrected chi connectivity index (χ0v) is 13.0. The fourth-order valence-corrected chi connectivity index (χ4v) is 2.66. The van der Waals surface area contributed by atoms with Gasteiger partial charge in [0.2, 0.25) is 0 Å². The highest BCUT2D eigenvalue weighted by Gasteiger charge is 2.14. The van der Waals surface area contributed by atoms with Crippen LogP contribution in [0.5, 0.6) is 11.5 Å². The molecule has 0 unspecified atom stereocenters. The Kier molecular flexibility index (Phi) is 5.47. The van der Waals surface area contributed by atoms with E-state index in [-0.39, 0.29) is 0 Å². The molecule has 0 saturated carbocycles. The second-order valence-corrected chi connectivity index (χ2v) is 5.28. The Morgan fingerprint density at radius 3 is 2.40 bits per heavy atom. The second kappa shape index (κ2) is 7.33. The maximum Gasteiger partial charge on any atom is 0.173 e. The lowest BCUT2D eigenvalue weighted by atomic mass is 10.2. The molecule has 0 spiro atoms. The van der Waals surface area contributed by atoms with Gasteiger partial charge in [-0.1, -0.05) is 12.8 Å². The van der Waals surface area contributed by atoms with E-state index in [1.807, 2.05) is 18.2 Å². The van der Waals surface area contributed by atoms with Gasteiger partial charge in [-0.2, -0.15) is 0 Å². The van der Waals surface area contributed by atoms with Crippen LogP contribution in [-0.2, 0) is 0 Å². The summed E-state index contributed by atoms with van der Waals surface area (Å²) in [6, 6.07) is 5.69. The Labute approximate surface area is 126 Å². The molecule has 0 aliphatic carbocycles. The van der Waals surface area contributed by atoms with Crippen LogP contribution in [0.25, 0.3) is 0 Å². The largest absolute Gasteiger partial charge is 0.497 e. The van der Waals surface area contributed by atoms with Crippen molar-refractivity contribution in [1.82, 2.24) is 4.90 Å². The summed E-state index contributed by atoms with van der Waals surface area (Å²) >= 11 is 5.51. The van der Waals surface area contributed by atoms with E-state index in [0.717, 1.165) is 35.4 Å². The Morgan fingerprint density at radius 1 is 1.10 bits per heavy atom. The summed E-state index contributed by atoms with van der Waals surface area (Å²) in [5.74, 6) is 1.51. The molecule has 4 nitrogen and oxygen atoms in total. The number of thiocarbonyl (C=S) groups is 1. The average Bonchev–Trinajstić information content (AvgIpc) is 2.76. The maximum absolute atomic E-state index is 5.51. The van der Waals surface area contributed by atoms with E-state index < -0.39 is 0 Å². The van der Waals surface area contributed by atoms with Gasteiger partial charge in [-0.25, -0.2) is 0 Å². The molecule has 1 aliphatic rings. The lowest BCUT2D eigenvalue weighted by Crippen LogP contribution is -2.35. The van der Waals surface area contributed by atoms with Gasteiger partial charge in [0.05, 0.1) is 19.9 Å². The van der Waals surface area contributed by atoms with Gasteiger partial charge in [0, 0.05) is 19.2 Å². The highest BCUT2D eigenvalue weighted by atomic mass is 32.1. The Bertz CT molecular complexity index is 457. The van der Waals surface area contributed by atoms with Crippen LogP contribution in [0.4, 0.5) is 5.69 Å². The van der Waals surface area contributed by atoms with Crippen molar-refractivity contribution in [3.63, 3.8) is 0 Å². The fraction of sp³-hybridized carbons (Fsp3) is 0.533. The summed E-state index contributed by atoms with van der Waals surface area (Å²) in [6.45, 7) is 2.06. The number of methoxy groups -OCH3 is 2. The number of nitrogens with one attached hydrogen (secondary N) is 1. The van der Waals surface area contributed by atoms with Crippen LogP contribution in [0, 0.1) is 0 Å². The van der Waals surface area contributed by atoms with E-state index in [9.17, 15) is 0 Å². The van der Waals surface area contributed by atoms with E-state index in [4.69, 9.17) is 21.7 Å². The van der Waals surface area contributed by atoms with Gasteiger partial charge in [0.25, 0.3) is 0 Å². The lowest BCUT2D eigenvalue weighted by molar-refractivity contribution is 0.395. The van der Waals surface area contributed by atoms with E-state index in [1.54, 1.807) is 14.2 Å².